The molecule has 0 spiro atoms. The number of aromatic nitrogens is 1. The highest BCUT2D eigenvalue weighted by Gasteiger charge is 2.38. The molecule has 1 atom stereocenters. The molecule has 0 radical (unpaired) electrons. The van der Waals surface area contributed by atoms with Crippen molar-refractivity contribution in [3.8, 4) is 11.3 Å². The summed E-state index contributed by atoms with van der Waals surface area (Å²) in [4.78, 5) is 43.5. The summed E-state index contributed by atoms with van der Waals surface area (Å²) in [6.45, 7) is 9.58. The zero-order valence-corrected chi connectivity index (χ0v) is 19.8. The van der Waals surface area contributed by atoms with Gasteiger partial charge in [0.2, 0.25) is 5.91 Å². The Labute approximate surface area is 197 Å². The third-order valence-corrected chi connectivity index (χ3v) is 6.03. The van der Waals surface area contributed by atoms with Crippen LogP contribution in [0.4, 0.5) is 9.93 Å². The SMILES string of the molecule is C=C1C[C@@H](C(=O)Nc2nc(-c3ccc(C(=O)NC4CC4)cc3)cs2)N(C(=O)OC(C)(C)C)C1. The Kier molecular flexibility index (Phi) is 6.25. The molecule has 2 aromatic rings. The molecule has 0 bridgehead atoms. The van der Waals surface area contributed by atoms with Crippen molar-refractivity contribution in [2.75, 3.05) is 11.9 Å². The fraction of sp³-hybridized carbons (Fsp3) is 0.417. The van der Waals surface area contributed by atoms with Crippen molar-refractivity contribution < 1.29 is 19.1 Å². The van der Waals surface area contributed by atoms with Crippen molar-refractivity contribution >= 4 is 34.4 Å². The number of ether oxygens (including phenoxy) is 1. The number of nitrogens with zero attached hydrogens (tertiary/aromatic N) is 2. The second-order valence-electron chi connectivity index (χ2n) is 9.43. The van der Waals surface area contributed by atoms with Gasteiger partial charge in [-0.3, -0.25) is 14.5 Å². The van der Waals surface area contributed by atoms with E-state index >= 15 is 0 Å². The van der Waals surface area contributed by atoms with Gasteiger partial charge in [-0.25, -0.2) is 9.78 Å². The Hall–Kier alpha value is -3.20. The van der Waals surface area contributed by atoms with E-state index in [1.54, 1.807) is 32.9 Å². The van der Waals surface area contributed by atoms with Crippen molar-refractivity contribution in [2.45, 2.75) is 57.7 Å². The van der Waals surface area contributed by atoms with Crippen LogP contribution in [0.15, 0.2) is 41.8 Å². The van der Waals surface area contributed by atoms with Gasteiger partial charge in [0.05, 0.1) is 5.69 Å². The van der Waals surface area contributed by atoms with Gasteiger partial charge in [0, 0.05) is 29.1 Å². The van der Waals surface area contributed by atoms with Crippen LogP contribution in [0, 0.1) is 0 Å². The predicted molar refractivity (Wildman–Crippen MR) is 127 cm³/mol. The monoisotopic (exact) mass is 468 g/mol. The van der Waals surface area contributed by atoms with Gasteiger partial charge in [0.15, 0.2) is 5.13 Å². The zero-order valence-electron chi connectivity index (χ0n) is 19.0. The lowest BCUT2D eigenvalue weighted by Gasteiger charge is -2.27. The number of rotatable bonds is 5. The van der Waals surface area contributed by atoms with Crippen LogP contribution in [0.3, 0.4) is 0 Å². The van der Waals surface area contributed by atoms with E-state index in [9.17, 15) is 14.4 Å². The van der Waals surface area contributed by atoms with Crippen LogP contribution in [0.2, 0.25) is 0 Å². The Morgan fingerprint density at radius 2 is 1.88 bits per heavy atom. The quantitative estimate of drug-likeness (QED) is 0.641. The maximum absolute atomic E-state index is 12.9. The average Bonchev–Trinajstić information content (AvgIpc) is 3.27. The molecule has 2 heterocycles. The molecule has 174 valence electrons. The Morgan fingerprint density at radius 3 is 2.52 bits per heavy atom. The number of thiazole rings is 1. The van der Waals surface area contributed by atoms with E-state index in [1.165, 1.54) is 16.2 Å². The molecule has 2 N–H and O–H groups in total. The highest BCUT2D eigenvalue weighted by atomic mass is 32.1. The smallest absolute Gasteiger partial charge is 0.411 e. The van der Waals surface area contributed by atoms with Crippen LogP contribution in [0.25, 0.3) is 11.3 Å². The van der Waals surface area contributed by atoms with E-state index in [4.69, 9.17) is 4.74 Å². The van der Waals surface area contributed by atoms with Gasteiger partial charge < -0.3 is 15.4 Å². The molecule has 3 amide bonds. The molecule has 2 fully saturated rings. The molecule has 1 aromatic carbocycles. The second kappa shape index (κ2) is 8.97. The van der Waals surface area contributed by atoms with E-state index in [-0.39, 0.29) is 18.4 Å². The van der Waals surface area contributed by atoms with Gasteiger partial charge in [0.1, 0.15) is 11.6 Å². The molecule has 1 saturated carbocycles. The maximum Gasteiger partial charge on any atom is 0.411 e. The van der Waals surface area contributed by atoms with Crippen molar-refractivity contribution in [2.24, 2.45) is 0 Å². The van der Waals surface area contributed by atoms with Crippen LogP contribution < -0.4 is 10.6 Å². The minimum Gasteiger partial charge on any atom is -0.444 e. The summed E-state index contributed by atoms with van der Waals surface area (Å²) < 4.78 is 5.44. The first-order valence-electron chi connectivity index (χ1n) is 10.9. The third-order valence-electron chi connectivity index (χ3n) is 5.27. The molecular weight excluding hydrogens is 440 g/mol. The molecule has 33 heavy (non-hydrogen) atoms. The van der Waals surface area contributed by atoms with Crippen molar-refractivity contribution in [1.29, 1.82) is 0 Å². The molecule has 4 rings (SSSR count). The largest absolute Gasteiger partial charge is 0.444 e. The molecule has 1 aromatic heterocycles. The summed E-state index contributed by atoms with van der Waals surface area (Å²) in [5.74, 6) is -0.393. The number of likely N-dealkylation sites (tertiary alicyclic amines) is 1. The number of amides is 3. The fourth-order valence-corrected chi connectivity index (χ4v) is 4.21. The first kappa shape index (κ1) is 23.0. The van der Waals surface area contributed by atoms with Crippen LogP contribution in [0.5, 0.6) is 0 Å². The number of carbonyl (C=O) groups excluding carboxylic acids is 3. The molecule has 2 aliphatic rings. The lowest BCUT2D eigenvalue weighted by Crippen LogP contribution is -2.45. The number of nitrogens with one attached hydrogen (secondary N) is 2. The van der Waals surface area contributed by atoms with Gasteiger partial charge in [-0.05, 0) is 52.2 Å². The average molecular weight is 469 g/mol. The highest BCUT2D eigenvalue weighted by molar-refractivity contribution is 7.14. The summed E-state index contributed by atoms with van der Waals surface area (Å²) in [5.41, 5.74) is 2.30. The predicted octanol–water partition coefficient (Wildman–Crippen LogP) is 4.21. The maximum atomic E-state index is 12.9. The van der Waals surface area contributed by atoms with Gasteiger partial charge in [-0.1, -0.05) is 24.3 Å². The summed E-state index contributed by atoms with van der Waals surface area (Å²) >= 11 is 1.30. The van der Waals surface area contributed by atoms with E-state index in [1.807, 2.05) is 17.5 Å². The molecule has 1 aliphatic heterocycles. The highest BCUT2D eigenvalue weighted by Crippen LogP contribution is 2.28. The van der Waals surface area contributed by atoms with Crippen LogP contribution in [0.1, 0.15) is 50.4 Å². The first-order chi connectivity index (χ1) is 15.6. The Balaban J connectivity index is 1.40. The van der Waals surface area contributed by atoms with Crippen LogP contribution in [-0.4, -0.2) is 52.0 Å². The van der Waals surface area contributed by atoms with Crippen LogP contribution >= 0.6 is 11.3 Å². The molecule has 0 unspecified atom stereocenters. The number of hydrogen-bond donors (Lipinski definition) is 2. The summed E-state index contributed by atoms with van der Waals surface area (Å²) in [5, 5.41) is 8.06. The van der Waals surface area contributed by atoms with Gasteiger partial charge >= 0.3 is 6.09 Å². The number of carbonyl (C=O) groups is 3. The minimum atomic E-state index is -0.691. The van der Waals surface area contributed by atoms with Crippen LogP contribution in [-0.2, 0) is 9.53 Å². The second-order valence-corrected chi connectivity index (χ2v) is 10.3. The van der Waals surface area contributed by atoms with E-state index in [0.29, 0.717) is 28.9 Å². The molecule has 8 nitrogen and oxygen atoms in total. The summed E-state index contributed by atoms with van der Waals surface area (Å²) in [6, 6.07) is 6.84. The Bertz CT molecular complexity index is 1080. The van der Waals surface area contributed by atoms with Gasteiger partial charge in [-0.2, -0.15) is 0 Å². The molecule has 1 saturated heterocycles. The molecular formula is C24H28N4O4S. The summed E-state index contributed by atoms with van der Waals surface area (Å²) in [6.07, 6.45) is 1.93. The first-order valence-corrected chi connectivity index (χ1v) is 11.8. The van der Waals surface area contributed by atoms with E-state index in [2.05, 4.69) is 22.2 Å². The number of anilines is 1. The molecule has 9 heteroatoms. The standard InChI is InChI=1S/C24H28N4O4S/c1-14-11-19(28(12-14)23(31)32-24(2,3)4)21(30)27-22-26-18(13-33-22)15-5-7-16(8-6-15)20(29)25-17-9-10-17/h5-8,13,17,19H,1,9-12H2,2-4H3,(H,25,29)(H,26,27,30)/t19-/m0/s1. The van der Waals surface area contributed by atoms with E-state index in [0.717, 1.165) is 24.0 Å². The lowest BCUT2D eigenvalue weighted by molar-refractivity contribution is -0.120. The fourth-order valence-electron chi connectivity index (χ4n) is 3.49. The van der Waals surface area contributed by atoms with Gasteiger partial charge in [0.25, 0.3) is 5.91 Å². The normalized spacial score (nSPS) is 18.2. The third kappa shape index (κ3) is 5.78. The van der Waals surface area contributed by atoms with Crippen molar-refractivity contribution in [1.82, 2.24) is 15.2 Å². The number of hydrogen-bond acceptors (Lipinski definition) is 6. The van der Waals surface area contributed by atoms with E-state index < -0.39 is 17.7 Å². The summed E-state index contributed by atoms with van der Waals surface area (Å²) in [7, 11) is 0. The lowest BCUT2D eigenvalue weighted by atomic mass is 10.1. The minimum absolute atomic E-state index is 0.0667. The topological polar surface area (TPSA) is 101 Å². The van der Waals surface area contributed by atoms with Crippen molar-refractivity contribution in [3.05, 3.63) is 47.4 Å². The number of benzene rings is 1. The molecule has 1 aliphatic carbocycles. The zero-order chi connectivity index (χ0) is 23.8. The Morgan fingerprint density at radius 1 is 1.18 bits per heavy atom. The van der Waals surface area contributed by atoms with Crippen molar-refractivity contribution in [3.63, 3.8) is 0 Å². The van der Waals surface area contributed by atoms with Gasteiger partial charge in [-0.15, -0.1) is 11.3 Å².